The Morgan fingerprint density at radius 1 is 1.03 bits per heavy atom. The molecule has 170 valence electrons. The van der Waals surface area contributed by atoms with E-state index in [1.54, 1.807) is 13.0 Å². The maximum atomic E-state index is 14.0. The minimum atomic E-state index is -4.67. The molecular weight excluding hydrogens is 452 g/mol. The second-order valence-corrected chi connectivity index (χ2v) is 9.33. The van der Waals surface area contributed by atoms with Gasteiger partial charge in [0.05, 0.1) is 10.5 Å². The Kier molecular flexibility index (Phi) is 5.49. The Hall–Kier alpha value is -2.92. The van der Waals surface area contributed by atoms with Gasteiger partial charge in [-0.1, -0.05) is 18.2 Å². The van der Waals surface area contributed by atoms with Crippen molar-refractivity contribution in [2.75, 3.05) is 26.2 Å². The lowest BCUT2D eigenvalue weighted by molar-refractivity contribution is -0.137. The molecule has 1 aliphatic heterocycles. The topological polar surface area (TPSA) is 70.8 Å². The highest BCUT2D eigenvalue weighted by Gasteiger charge is 2.35. The van der Waals surface area contributed by atoms with E-state index in [0.717, 1.165) is 22.5 Å². The Bertz CT molecular complexity index is 1290. The average Bonchev–Trinajstić information content (AvgIpc) is 3.11. The van der Waals surface area contributed by atoms with E-state index < -0.39 is 38.4 Å². The van der Waals surface area contributed by atoms with E-state index in [1.165, 1.54) is 17.0 Å². The normalized spacial score (nSPS) is 16.0. The van der Waals surface area contributed by atoms with Crippen LogP contribution in [0.25, 0.3) is 11.0 Å². The minimum Gasteiger partial charge on any atom is -0.448 e. The van der Waals surface area contributed by atoms with Crippen molar-refractivity contribution >= 4 is 26.9 Å². The molecule has 1 aliphatic rings. The van der Waals surface area contributed by atoms with Gasteiger partial charge in [-0.2, -0.15) is 17.5 Å². The maximum Gasteiger partial charge on any atom is 0.416 e. The first-order valence-electron chi connectivity index (χ1n) is 9.64. The maximum absolute atomic E-state index is 14.0. The Morgan fingerprint density at radius 3 is 2.31 bits per heavy atom. The summed E-state index contributed by atoms with van der Waals surface area (Å²) in [6.45, 7) is 1.45. The molecule has 2 heterocycles. The molecule has 6 nitrogen and oxygen atoms in total. The number of carbonyl (C=O) groups is 1. The van der Waals surface area contributed by atoms with Gasteiger partial charge in [-0.05, 0) is 31.2 Å². The highest BCUT2D eigenvalue weighted by molar-refractivity contribution is 7.89. The van der Waals surface area contributed by atoms with Gasteiger partial charge in [0.25, 0.3) is 5.91 Å². The summed E-state index contributed by atoms with van der Waals surface area (Å²) < 4.78 is 84.9. The zero-order chi connectivity index (χ0) is 23.3. The number of benzene rings is 2. The van der Waals surface area contributed by atoms with Crippen LogP contribution in [-0.2, 0) is 16.2 Å². The molecule has 0 unspecified atom stereocenters. The third-order valence-corrected chi connectivity index (χ3v) is 7.33. The quantitative estimate of drug-likeness (QED) is 0.542. The smallest absolute Gasteiger partial charge is 0.416 e. The van der Waals surface area contributed by atoms with Crippen LogP contribution in [0.4, 0.5) is 17.6 Å². The number of carbonyl (C=O) groups excluding carboxylic acids is 1. The summed E-state index contributed by atoms with van der Waals surface area (Å²) in [6, 6.07) is 7.90. The molecule has 3 aromatic rings. The number of fused-ring (bicyclic) bond motifs is 1. The van der Waals surface area contributed by atoms with Gasteiger partial charge in [-0.25, -0.2) is 12.8 Å². The number of furan rings is 1. The molecule has 11 heteroatoms. The number of aryl methyl sites for hydroxylation is 1. The molecular formula is C21H18F4N2O4S. The summed E-state index contributed by atoms with van der Waals surface area (Å²) in [7, 11) is -4.17. The Morgan fingerprint density at radius 2 is 1.69 bits per heavy atom. The van der Waals surface area contributed by atoms with E-state index in [0.29, 0.717) is 17.0 Å². The zero-order valence-corrected chi connectivity index (χ0v) is 17.6. The fourth-order valence-corrected chi connectivity index (χ4v) is 5.14. The lowest BCUT2D eigenvalue weighted by Crippen LogP contribution is -2.50. The predicted molar refractivity (Wildman–Crippen MR) is 107 cm³/mol. The zero-order valence-electron chi connectivity index (χ0n) is 16.8. The van der Waals surface area contributed by atoms with Crippen LogP contribution >= 0.6 is 0 Å². The highest BCUT2D eigenvalue weighted by Crippen LogP contribution is 2.32. The monoisotopic (exact) mass is 470 g/mol. The summed E-state index contributed by atoms with van der Waals surface area (Å²) in [4.78, 5) is 13.8. The number of nitrogens with zero attached hydrogens (tertiary/aromatic N) is 2. The fourth-order valence-electron chi connectivity index (χ4n) is 3.67. The van der Waals surface area contributed by atoms with Gasteiger partial charge in [0.2, 0.25) is 10.0 Å². The van der Waals surface area contributed by atoms with Crippen LogP contribution in [0.5, 0.6) is 0 Å². The largest absolute Gasteiger partial charge is 0.448 e. The summed E-state index contributed by atoms with van der Waals surface area (Å²) in [5.41, 5.74) is -0.609. The number of hydrogen-bond donors (Lipinski definition) is 0. The molecule has 0 spiro atoms. The van der Waals surface area contributed by atoms with Gasteiger partial charge >= 0.3 is 6.18 Å². The van der Waals surface area contributed by atoms with Crippen LogP contribution in [0.2, 0.25) is 0 Å². The van der Waals surface area contributed by atoms with Crippen LogP contribution in [0.15, 0.2) is 51.8 Å². The molecule has 32 heavy (non-hydrogen) atoms. The molecule has 1 aromatic heterocycles. The molecule has 1 saturated heterocycles. The van der Waals surface area contributed by atoms with E-state index in [4.69, 9.17) is 4.42 Å². The first-order chi connectivity index (χ1) is 15.0. The van der Waals surface area contributed by atoms with Gasteiger partial charge in [0.15, 0.2) is 17.2 Å². The van der Waals surface area contributed by atoms with E-state index in [9.17, 15) is 30.8 Å². The van der Waals surface area contributed by atoms with Gasteiger partial charge in [-0.15, -0.1) is 0 Å². The number of para-hydroxylation sites is 1. The van der Waals surface area contributed by atoms with Crippen molar-refractivity contribution in [1.29, 1.82) is 0 Å². The first-order valence-corrected chi connectivity index (χ1v) is 11.1. The third-order valence-electron chi connectivity index (χ3n) is 5.43. The summed E-state index contributed by atoms with van der Waals surface area (Å²) >= 11 is 0. The van der Waals surface area contributed by atoms with Crippen molar-refractivity contribution in [3.63, 3.8) is 0 Å². The van der Waals surface area contributed by atoms with Crippen molar-refractivity contribution in [1.82, 2.24) is 9.21 Å². The second-order valence-electron chi connectivity index (χ2n) is 7.39. The number of halogens is 4. The van der Waals surface area contributed by atoms with Crippen molar-refractivity contribution in [3.8, 4) is 0 Å². The molecule has 0 aliphatic carbocycles. The molecule has 0 radical (unpaired) electrons. The van der Waals surface area contributed by atoms with E-state index >= 15 is 0 Å². The number of hydrogen-bond acceptors (Lipinski definition) is 4. The Balaban J connectivity index is 1.51. The van der Waals surface area contributed by atoms with Gasteiger partial charge in [0.1, 0.15) is 0 Å². The number of piperazine rings is 1. The molecule has 0 atom stereocenters. The Labute approximate surface area is 181 Å². The molecule has 1 amide bonds. The van der Waals surface area contributed by atoms with E-state index in [2.05, 4.69) is 0 Å². The molecule has 2 aromatic carbocycles. The highest BCUT2D eigenvalue weighted by atomic mass is 32.2. The molecule has 1 fully saturated rings. The number of alkyl halides is 3. The molecule has 4 rings (SSSR count). The van der Waals surface area contributed by atoms with Crippen molar-refractivity contribution < 1.29 is 35.2 Å². The molecule has 0 bridgehead atoms. The summed E-state index contributed by atoms with van der Waals surface area (Å²) in [5.74, 6) is -1.13. The fraction of sp³-hybridized carbons (Fsp3) is 0.286. The van der Waals surface area contributed by atoms with Crippen molar-refractivity contribution in [2.45, 2.75) is 18.0 Å². The second kappa shape index (κ2) is 7.89. The number of amides is 1. The van der Waals surface area contributed by atoms with E-state index in [1.807, 2.05) is 0 Å². The number of rotatable bonds is 3. The standard InChI is InChI=1S/C21H18F4N2O4S/c1-13-16-6-3-7-17(22)19(16)31-18(13)20(28)26-8-10-27(11-9-26)32(29,30)15-5-2-4-14(12-15)21(23,24)25/h2-7,12H,8-11H2,1H3. The van der Waals surface area contributed by atoms with Crippen LogP contribution in [0.1, 0.15) is 21.7 Å². The van der Waals surface area contributed by atoms with Crippen molar-refractivity contribution in [2.24, 2.45) is 0 Å². The van der Waals surface area contributed by atoms with Crippen molar-refractivity contribution in [3.05, 3.63) is 65.2 Å². The van der Waals surface area contributed by atoms with Crippen LogP contribution in [0, 0.1) is 12.7 Å². The molecule has 0 saturated carbocycles. The lowest BCUT2D eigenvalue weighted by Gasteiger charge is -2.33. The summed E-state index contributed by atoms with van der Waals surface area (Å²) in [6.07, 6.45) is -4.67. The van der Waals surface area contributed by atoms with Crippen LogP contribution < -0.4 is 0 Å². The molecule has 0 N–H and O–H groups in total. The minimum absolute atomic E-state index is 0.00991. The van der Waals surface area contributed by atoms with Gasteiger partial charge < -0.3 is 9.32 Å². The summed E-state index contributed by atoms with van der Waals surface area (Å²) in [5, 5.41) is 0.471. The van der Waals surface area contributed by atoms with Gasteiger partial charge in [0, 0.05) is 37.1 Å². The van der Waals surface area contributed by atoms with Crippen LogP contribution in [0.3, 0.4) is 0 Å². The van der Waals surface area contributed by atoms with E-state index in [-0.39, 0.29) is 37.5 Å². The SMILES string of the molecule is Cc1c(C(=O)N2CCN(S(=O)(=O)c3cccc(C(F)(F)F)c3)CC2)oc2c(F)cccc12. The lowest BCUT2D eigenvalue weighted by atomic mass is 10.1. The first kappa shape index (κ1) is 22.3. The number of sulfonamides is 1. The predicted octanol–water partition coefficient (Wildman–Crippen LogP) is 4.05. The van der Waals surface area contributed by atoms with Crippen LogP contribution in [-0.4, -0.2) is 49.7 Å². The third kappa shape index (κ3) is 3.86. The average molecular weight is 470 g/mol. The van der Waals surface area contributed by atoms with Gasteiger partial charge in [-0.3, -0.25) is 4.79 Å².